The van der Waals surface area contributed by atoms with Gasteiger partial charge in [0.15, 0.2) is 12.1 Å². The van der Waals surface area contributed by atoms with Gasteiger partial charge in [0.05, 0.1) is 17.2 Å². The number of benzene rings is 2. The van der Waals surface area contributed by atoms with Crippen molar-refractivity contribution < 1.29 is 9.59 Å². The molecule has 3 aromatic rings. The minimum atomic E-state index is -0.282. The molecule has 0 aliphatic rings. The Morgan fingerprint density at radius 2 is 1.82 bits per heavy atom. The van der Waals surface area contributed by atoms with Gasteiger partial charge in [0.2, 0.25) is 0 Å². The number of carbonyl (C=O) groups is 2. The summed E-state index contributed by atoms with van der Waals surface area (Å²) in [6.45, 7) is 0. The Morgan fingerprint density at radius 3 is 2.55 bits per heavy atom. The fraction of sp³-hybridized carbons (Fsp3) is 0. The van der Waals surface area contributed by atoms with E-state index in [-0.39, 0.29) is 11.3 Å². The molecule has 0 saturated heterocycles. The second-order valence-corrected chi connectivity index (χ2v) is 4.73. The minimum absolute atomic E-state index is 0.257. The number of ketones is 1. The lowest BCUT2D eigenvalue weighted by Crippen LogP contribution is -2.06. The second-order valence-electron chi connectivity index (χ2n) is 4.73. The van der Waals surface area contributed by atoms with Crippen LogP contribution >= 0.6 is 0 Å². The van der Waals surface area contributed by atoms with Gasteiger partial charge in [-0.2, -0.15) is 5.26 Å². The van der Waals surface area contributed by atoms with Gasteiger partial charge in [-0.25, -0.2) is 0 Å². The first kappa shape index (κ1) is 13.7. The van der Waals surface area contributed by atoms with Crippen molar-refractivity contribution in [3.05, 3.63) is 77.1 Å². The first-order valence-electron chi connectivity index (χ1n) is 6.62. The fourth-order valence-electron chi connectivity index (χ4n) is 2.44. The van der Waals surface area contributed by atoms with Crippen molar-refractivity contribution in [2.75, 3.05) is 0 Å². The van der Waals surface area contributed by atoms with Gasteiger partial charge in [-0.15, -0.1) is 0 Å². The van der Waals surface area contributed by atoms with E-state index >= 15 is 0 Å². The second kappa shape index (κ2) is 5.58. The molecule has 0 bridgehead atoms. The van der Waals surface area contributed by atoms with Crippen LogP contribution in [0.1, 0.15) is 31.8 Å². The Balaban J connectivity index is 2.25. The van der Waals surface area contributed by atoms with E-state index in [4.69, 9.17) is 0 Å². The summed E-state index contributed by atoms with van der Waals surface area (Å²) in [6.07, 6.45) is 3.50. The Labute approximate surface area is 126 Å². The van der Waals surface area contributed by atoms with Crippen LogP contribution in [0, 0.1) is 11.3 Å². The van der Waals surface area contributed by atoms with Gasteiger partial charge in [-0.3, -0.25) is 14.6 Å². The summed E-state index contributed by atoms with van der Waals surface area (Å²) in [5.74, 6) is -0.282. The molecule has 0 aliphatic heterocycles. The molecule has 2 aromatic carbocycles. The van der Waals surface area contributed by atoms with E-state index in [2.05, 4.69) is 11.1 Å². The van der Waals surface area contributed by atoms with Gasteiger partial charge >= 0.3 is 0 Å². The lowest BCUT2D eigenvalue weighted by Gasteiger charge is -2.08. The van der Waals surface area contributed by atoms with E-state index in [0.717, 1.165) is 0 Å². The van der Waals surface area contributed by atoms with Crippen LogP contribution in [0.4, 0.5) is 0 Å². The highest BCUT2D eigenvalue weighted by Gasteiger charge is 2.17. The number of hydrogen-bond donors (Lipinski definition) is 0. The molecule has 0 atom stereocenters. The molecule has 1 aromatic heterocycles. The van der Waals surface area contributed by atoms with Crippen LogP contribution in [-0.4, -0.2) is 17.1 Å². The van der Waals surface area contributed by atoms with Crippen LogP contribution in [0.15, 0.2) is 54.9 Å². The molecule has 22 heavy (non-hydrogen) atoms. The van der Waals surface area contributed by atoms with Crippen molar-refractivity contribution in [2.24, 2.45) is 0 Å². The Kier molecular flexibility index (Phi) is 3.47. The first-order chi connectivity index (χ1) is 10.8. The van der Waals surface area contributed by atoms with Gasteiger partial charge in [0, 0.05) is 28.9 Å². The van der Waals surface area contributed by atoms with Gasteiger partial charge in [0.25, 0.3) is 0 Å². The topological polar surface area (TPSA) is 70.8 Å². The largest absolute Gasteiger partial charge is 0.298 e. The lowest BCUT2D eigenvalue weighted by molar-refractivity contribution is 0.103. The summed E-state index contributed by atoms with van der Waals surface area (Å²) in [4.78, 5) is 27.8. The Hall–Kier alpha value is -3.32. The zero-order valence-electron chi connectivity index (χ0n) is 11.5. The average Bonchev–Trinajstić information content (AvgIpc) is 2.60. The third-order valence-electron chi connectivity index (χ3n) is 3.52. The Morgan fingerprint density at radius 1 is 1.05 bits per heavy atom. The molecule has 4 heteroatoms. The summed E-state index contributed by atoms with van der Waals surface area (Å²) in [7, 11) is 0. The summed E-state index contributed by atoms with van der Waals surface area (Å²) in [5.41, 5.74) is 1.51. The molecule has 0 spiro atoms. The molecule has 0 amide bonds. The predicted molar refractivity (Wildman–Crippen MR) is 81.7 cm³/mol. The molecular formula is C18H10N2O2. The first-order valence-corrected chi connectivity index (χ1v) is 6.62. The number of aromatic nitrogens is 1. The van der Waals surface area contributed by atoms with E-state index in [1.54, 1.807) is 24.3 Å². The van der Waals surface area contributed by atoms with Crippen LogP contribution in [0.2, 0.25) is 0 Å². The maximum absolute atomic E-state index is 12.8. The number of carbonyl (C=O) groups excluding carboxylic acids is 2. The maximum atomic E-state index is 12.8. The number of nitriles is 1. The summed E-state index contributed by atoms with van der Waals surface area (Å²) in [5, 5.41) is 10.6. The molecule has 3 rings (SSSR count). The molecule has 0 fully saturated rings. The third-order valence-corrected chi connectivity index (χ3v) is 3.52. The summed E-state index contributed by atoms with van der Waals surface area (Å²) < 4.78 is 0. The smallest absolute Gasteiger partial charge is 0.195 e. The van der Waals surface area contributed by atoms with Gasteiger partial charge < -0.3 is 0 Å². The highest BCUT2D eigenvalue weighted by atomic mass is 16.1. The summed E-state index contributed by atoms with van der Waals surface area (Å²) in [6, 6.07) is 14.1. The normalized spacial score (nSPS) is 10.1. The van der Waals surface area contributed by atoms with Crippen LogP contribution in [0.25, 0.3) is 10.8 Å². The lowest BCUT2D eigenvalue weighted by atomic mass is 9.94. The monoisotopic (exact) mass is 286 g/mol. The van der Waals surface area contributed by atoms with Crippen molar-refractivity contribution in [3.8, 4) is 6.07 Å². The van der Waals surface area contributed by atoms with Crippen LogP contribution in [0.3, 0.4) is 0 Å². The highest BCUT2D eigenvalue weighted by molar-refractivity contribution is 6.19. The molecule has 0 radical (unpaired) electrons. The van der Waals surface area contributed by atoms with E-state index in [9.17, 15) is 14.9 Å². The fourth-order valence-corrected chi connectivity index (χ4v) is 2.44. The predicted octanol–water partition coefficient (Wildman–Crippen LogP) is 3.15. The van der Waals surface area contributed by atoms with E-state index < -0.39 is 0 Å². The molecule has 1 heterocycles. The van der Waals surface area contributed by atoms with E-state index in [1.807, 2.05) is 12.1 Å². The van der Waals surface area contributed by atoms with E-state index in [1.165, 1.54) is 18.5 Å². The molecule has 0 unspecified atom stereocenters. The van der Waals surface area contributed by atoms with Crippen molar-refractivity contribution in [1.29, 1.82) is 5.26 Å². The number of nitrogens with zero attached hydrogens (tertiary/aromatic N) is 2. The molecule has 0 N–H and O–H groups in total. The van der Waals surface area contributed by atoms with E-state index in [0.29, 0.717) is 33.7 Å². The van der Waals surface area contributed by atoms with Crippen molar-refractivity contribution in [1.82, 2.24) is 4.98 Å². The zero-order valence-corrected chi connectivity index (χ0v) is 11.5. The van der Waals surface area contributed by atoms with Gasteiger partial charge in [-0.05, 0) is 23.6 Å². The molecular weight excluding hydrogens is 276 g/mol. The quantitative estimate of drug-likeness (QED) is 0.547. The summed E-state index contributed by atoms with van der Waals surface area (Å²) >= 11 is 0. The minimum Gasteiger partial charge on any atom is -0.298 e. The number of pyridine rings is 1. The maximum Gasteiger partial charge on any atom is 0.195 e. The number of fused-ring (bicyclic) bond motifs is 1. The number of hydrogen-bond acceptors (Lipinski definition) is 4. The average molecular weight is 286 g/mol. The molecule has 4 nitrogen and oxygen atoms in total. The zero-order chi connectivity index (χ0) is 15.5. The third kappa shape index (κ3) is 2.15. The van der Waals surface area contributed by atoms with Crippen LogP contribution in [0.5, 0.6) is 0 Å². The standard InChI is InChI=1S/C18H10N2O2/c19-9-12-5-6-16(15-4-2-1-3-14(12)15)18(22)17-10-20-8-7-13(17)11-21/h1-8,10-11H. The van der Waals surface area contributed by atoms with Crippen molar-refractivity contribution in [2.45, 2.75) is 0 Å². The van der Waals surface area contributed by atoms with Crippen molar-refractivity contribution >= 4 is 22.8 Å². The van der Waals surface area contributed by atoms with Crippen LogP contribution < -0.4 is 0 Å². The number of aldehydes is 1. The highest BCUT2D eigenvalue weighted by Crippen LogP contribution is 2.25. The van der Waals surface area contributed by atoms with Gasteiger partial charge in [0.1, 0.15) is 0 Å². The number of rotatable bonds is 3. The van der Waals surface area contributed by atoms with Crippen molar-refractivity contribution in [3.63, 3.8) is 0 Å². The van der Waals surface area contributed by atoms with Crippen LogP contribution in [-0.2, 0) is 0 Å². The SMILES string of the molecule is N#Cc1ccc(C(=O)c2cnccc2C=O)c2ccccc12. The van der Waals surface area contributed by atoms with Gasteiger partial charge in [-0.1, -0.05) is 24.3 Å². The Bertz CT molecular complexity index is 939. The molecule has 0 aliphatic carbocycles. The molecule has 0 saturated carbocycles. The molecule has 104 valence electrons.